The summed E-state index contributed by atoms with van der Waals surface area (Å²) in [6.07, 6.45) is 21.1. The first-order valence-electron chi connectivity index (χ1n) is 11.7. The van der Waals surface area contributed by atoms with Crippen LogP contribution in [0.5, 0.6) is 0 Å². The summed E-state index contributed by atoms with van der Waals surface area (Å²) in [6.45, 7) is 2.70. The lowest BCUT2D eigenvalue weighted by Crippen LogP contribution is -2.23. The van der Waals surface area contributed by atoms with Gasteiger partial charge in [0, 0.05) is 13.5 Å². The number of hydrogen-bond donors (Lipinski definition) is 1. The largest absolute Gasteiger partial charge is 0.466 e. The van der Waals surface area contributed by atoms with Crippen LogP contribution in [0.25, 0.3) is 0 Å². The predicted octanol–water partition coefficient (Wildman–Crippen LogP) is 6.42. The first-order valence-corrected chi connectivity index (χ1v) is 11.7. The smallest absolute Gasteiger partial charge is 0.306 e. The number of esters is 1. The average molecular weight is 400 g/mol. The zero-order valence-electron chi connectivity index (χ0n) is 18.6. The highest BCUT2D eigenvalue weighted by Crippen LogP contribution is 2.13. The molecule has 0 aliphatic heterocycles. The monoisotopic (exact) mass is 399 g/mol. The molecular formula is C23H45NO4. The summed E-state index contributed by atoms with van der Waals surface area (Å²) >= 11 is 0. The van der Waals surface area contributed by atoms with E-state index < -0.39 is 5.91 Å². The Morgan fingerprint density at radius 3 is 1.46 bits per heavy atom. The minimum absolute atomic E-state index is 0.00913. The van der Waals surface area contributed by atoms with Crippen LogP contribution in [0.15, 0.2) is 0 Å². The molecule has 0 saturated heterocycles. The highest BCUT2D eigenvalue weighted by Gasteiger charge is 2.10. The van der Waals surface area contributed by atoms with E-state index in [4.69, 9.17) is 9.94 Å². The Hall–Kier alpha value is -1.10. The summed E-state index contributed by atoms with van der Waals surface area (Å²) in [5.41, 5.74) is 0. The van der Waals surface area contributed by atoms with Crippen molar-refractivity contribution in [2.24, 2.45) is 0 Å². The van der Waals surface area contributed by atoms with Crippen molar-refractivity contribution >= 4 is 11.9 Å². The standard InChI is InChI=1S/C23H45NO4/c1-3-4-5-6-7-8-9-10-11-12-13-14-15-16-17-18-21-28-23(26)20-19-22(25)24(2)27/h27H,3-21H2,1-2H3. The van der Waals surface area contributed by atoms with Crippen molar-refractivity contribution in [3.8, 4) is 0 Å². The summed E-state index contributed by atoms with van der Waals surface area (Å²) in [4.78, 5) is 22.6. The lowest BCUT2D eigenvalue weighted by molar-refractivity contribution is -0.161. The molecule has 5 heteroatoms. The lowest BCUT2D eigenvalue weighted by Gasteiger charge is -2.08. The number of rotatable bonds is 20. The Morgan fingerprint density at radius 2 is 1.07 bits per heavy atom. The Morgan fingerprint density at radius 1 is 0.679 bits per heavy atom. The van der Waals surface area contributed by atoms with E-state index >= 15 is 0 Å². The first kappa shape index (κ1) is 26.9. The molecule has 0 aromatic heterocycles. The molecular weight excluding hydrogens is 354 g/mol. The van der Waals surface area contributed by atoms with Crippen molar-refractivity contribution in [3.05, 3.63) is 0 Å². The van der Waals surface area contributed by atoms with Crippen molar-refractivity contribution in [3.63, 3.8) is 0 Å². The van der Waals surface area contributed by atoms with Gasteiger partial charge in [0.05, 0.1) is 13.0 Å². The van der Waals surface area contributed by atoms with E-state index in [0.29, 0.717) is 11.7 Å². The van der Waals surface area contributed by atoms with Crippen LogP contribution in [0.1, 0.15) is 122 Å². The molecule has 0 aliphatic rings. The highest BCUT2D eigenvalue weighted by atomic mass is 16.5. The molecule has 0 aromatic rings. The van der Waals surface area contributed by atoms with Crippen molar-refractivity contribution in [2.45, 2.75) is 122 Å². The fraction of sp³-hybridized carbons (Fsp3) is 0.913. The quantitative estimate of drug-likeness (QED) is 0.111. The molecule has 0 heterocycles. The topological polar surface area (TPSA) is 66.8 Å². The van der Waals surface area contributed by atoms with E-state index in [0.717, 1.165) is 12.8 Å². The van der Waals surface area contributed by atoms with Crippen LogP contribution in [0.4, 0.5) is 0 Å². The number of hydroxylamine groups is 2. The van der Waals surface area contributed by atoms with Crippen LogP contribution in [0.3, 0.4) is 0 Å². The highest BCUT2D eigenvalue weighted by molar-refractivity contribution is 5.80. The minimum Gasteiger partial charge on any atom is -0.466 e. The minimum atomic E-state index is -0.473. The Kier molecular flexibility index (Phi) is 19.8. The zero-order chi connectivity index (χ0) is 20.9. The zero-order valence-corrected chi connectivity index (χ0v) is 18.6. The van der Waals surface area contributed by atoms with Gasteiger partial charge in [0.2, 0.25) is 5.91 Å². The van der Waals surface area contributed by atoms with Gasteiger partial charge in [-0.3, -0.25) is 14.8 Å². The Bertz CT molecular complexity index is 372. The van der Waals surface area contributed by atoms with Gasteiger partial charge in [-0.2, -0.15) is 0 Å². The maximum Gasteiger partial charge on any atom is 0.306 e. The molecule has 0 bridgehead atoms. The van der Waals surface area contributed by atoms with Crippen molar-refractivity contribution in [2.75, 3.05) is 13.7 Å². The van der Waals surface area contributed by atoms with E-state index in [9.17, 15) is 9.59 Å². The van der Waals surface area contributed by atoms with Gasteiger partial charge in [0.15, 0.2) is 0 Å². The van der Waals surface area contributed by atoms with Crippen LogP contribution < -0.4 is 0 Å². The normalized spacial score (nSPS) is 10.8. The molecule has 0 aliphatic carbocycles. The number of unbranched alkanes of at least 4 members (excludes halogenated alkanes) is 15. The van der Waals surface area contributed by atoms with Gasteiger partial charge in [0.25, 0.3) is 0 Å². The molecule has 0 atom stereocenters. The van der Waals surface area contributed by atoms with Crippen LogP contribution in [-0.4, -0.2) is 35.8 Å². The summed E-state index contributed by atoms with van der Waals surface area (Å²) in [6, 6.07) is 0. The molecule has 166 valence electrons. The van der Waals surface area contributed by atoms with Crippen molar-refractivity contribution < 1.29 is 19.5 Å². The molecule has 0 saturated carbocycles. The van der Waals surface area contributed by atoms with Crippen molar-refractivity contribution in [1.29, 1.82) is 0 Å². The Labute approximate surface area is 173 Å². The fourth-order valence-corrected chi connectivity index (χ4v) is 3.28. The second-order valence-electron chi connectivity index (χ2n) is 7.94. The molecule has 0 radical (unpaired) electrons. The first-order chi connectivity index (χ1) is 13.6. The van der Waals surface area contributed by atoms with Gasteiger partial charge >= 0.3 is 5.97 Å². The lowest BCUT2D eigenvalue weighted by atomic mass is 10.0. The third-order valence-corrected chi connectivity index (χ3v) is 5.16. The van der Waals surface area contributed by atoms with E-state index in [2.05, 4.69) is 6.92 Å². The van der Waals surface area contributed by atoms with Crippen LogP contribution in [0, 0.1) is 0 Å². The summed E-state index contributed by atoms with van der Waals surface area (Å²) in [5.74, 6) is -0.837. The predicted molar refractivity (Wildman–Crippen MR) is 114 cm³/mol. The third-order valence-electron chi connectivity index (χ3n) is 5.16. The van der Waals surface area contributed by atoms with Gasteiger partial charge in [-0.15, -0.1) is 0 Å². The number of carbonyl (C=O) groups is 2. The number of ether oxygens (including phenoxy) is 1. The van der Waals surface area contributed by atoms with E-state index in [1.807, 2.05) is 0 Å². The molecule has 1 amide bonds. The molecule has 0 unspecified atom stereocenters. The molecule has 0 aromatic carbocycles. The number of hydrogen-bond acceptors (Lipinski definition) is 4. The Balaban J connectivity index is 3.17. The summed E-state index contributed by atoms with van der Waals surface area (Å²) < 4.78 is 5.10. The van der Waals surface area contributed by atoms with Crippen LogP contribution >= 0.6 is 0 Å². The molecule has 0 rings (SSSR count). The van der Waals surface area contributed by atoms with E-state index in [1.54, 1.807) is 0 Å². The van der Waals surface area contributed by atoms with Crippen LogP contribution in [-0.2, 0) is 14.3 Å². The van der Waals surface area contributed by atoms with Gasteiger partial charge in [-0.05, 0) is 6.42 Å². The summed E-state index contributed by atoms with van der Waals surface area (Å²) in [7, 11) is 1.25. The molecule has 1 N–H and O–H groups in total. The molecule has 0 fully saturated rings. The maximum absolute atomic E-state index is 11.5. The number of amides is 1. The van der Waals surface area contributed by atoms with E-state index in [1.165, 1.54) is 96.9 Å². The molecule has 28 heavy (non-hydrogen) atoms. The van der Waals surface area contributed by atoms with Gasteiger partial charge in [-0.25, -0.2) is 5.06 Å². The number of nitrogens with zero attached hydrogens (tertiary/aromatic N) is 1. The van der Waals surface area contributed by atoms with Gasteiger partial charge in [-0.1, -0.05) is 103 Å². The van der Waals surface area contributed by atoms with Gasteiger partial charge in [0.1, 0.15) is 0 Å². The van der Waals surface area contributed by atoms with Crippen molar-refractivity contribution in [1.82, 2.24) is 5.06 Å². The molecule has 5 nitrogen and oxygen atoms in total. The second-order valence-corrected chi connectivity index (χ2v) is 7.94. The summed E-state index contributed by atoms with van der Waals surface area (Å²) in [5, 5.41) is 9.40. The fourth-order valence-electron chi connectivity index (χ4n) is 3.28. The maximum atomic E-state index is 11.5. The molecule has 0 spiro atoms. The van der Waals surface area contributed by atoms with Gasteiger partial charge < -0.3 is 4.74 Å². The SMILES string of the molecule is CCCCCCCCCCCCCCCCCCOC(=O)CCC(=O)N(C)O. The third kappa shape index (κ3) is 19.7. The number of carbonyl (C=O) groups excluding carboxylic acids is 2. The van der Waals surface area contributed by atoms with Crippen LogP contribution in [0.2, 0.25) is 0 Å². The van der Waals surface area contributed by atoms with E-state index in [-0.39, 0.29) is 18.8 Å². The average Bonchev–Trinajstić information content (AvgIpc) is 2.68. The second kappa shape index (κ2) is 20.6.